The molecule has 4 amide bonds. The third-order valence-electron chi connectivity index (χ3n) is 7.31. The van der Waals surface area contributed by atoms with Crippen LogP contribution in [0.15, 0.2) is 10.6 Å². The Morgan fingerprint density at radius 1 is 1.28 bits per heavy atom. The number of barbiturate groups is 1. The molecule has 4 heterocycles. The average molecular weight is 453 g/mol. The third kappa shape index (κ3) is 2.11. The predicted octanol–water partition coefficient (Wildman–Crippen LogP) is 1.66. The quantitative estimate of drug-likeness (QED) is 0.368. The molecule has 3 aliphatic heterocycles. The zero-order valence-electron chi connectivity index (χ0n) is 17.2. The molecule has 12 heteroatoms. The average Bonchev–Trinajstić information content (AvgIpc) is 3.20. The third-order valence-corrected chi connectivity index (χ3v) is 7.31. The highest BCUT2D eigenvalue weighted by molar-refractivity contribution is 6.21. The smallest absolute Gasteiger partial charge is 0.328 e. The summed E-state index contributed by atoms with van der Waals surface area (Å²) in [6.45, 7) is 3.54. The van der Waals surface area contributed by atoms with Crippen LogP contribution in [0.5, 0.6) is 0 Å². The first kappa shape index (κ1) is 20.9. The second-order valence-corrected chi connectivity index (χ2v) is 8.71. The number of hydrogen-bond donors (Lipinski definition) is 3. The van der Waals surface area contributed by atoms with Gasteiger partial charge in [0.15, 0.2) is 16.8 Å². The van der Waals surface area contributed by atoms with Crippen LogP contribution >= 0.6 is 0 Å². The summed E-state index contributed by atoms with van der Waals surface area (Å²) in [5, 5.41) is 18.1. The Balaban J connectivity index is 1.86. The molecule has 1 aromatic heterocycles. The Bertz CT molecular complexity index is 1190. The van der Waals surface area contributed by atoms with Crippen molar-refractivity contribution < 1.29 is 37.2 Å². The van der Waals surface area contributed by atoms with E-state index in [4.69, 9.17) is 4.52 Å². The molecule has 2 aromatic rings. The van der Waals surface area contributed by atoms with Crippen LogP contribution in [-0.2, 0) is 16.0 Å². The number of imide groups is 2. The van der Waals surface area contributed by atoms with Crippen LogP contribution in [-0.4, -0.2) is 52.8 Å². The lowest BCUT2D eigenvalue weighted by Crippen LogP contribution is -2.74. The zero-order chi connectivity index (χ0) is 23.2. The van der Waals surface area contributed by atoms with Gasteiger partial charge in [0.05, 0.1) is 11.9 Å². The Labute approximate surface area is 179 Å². The predicted molar refractivity (Wildman–Crippen MR) is 103 cm³/mol. The molecule has 32 heavy (non-hydrogen) atoms. The second-order valence-electron chi connectivity index (χ2n) is 8.71. The normalized spacial score (nSPS) is 29.0. The number of amides is 4. The summed E-state index contributed by atoms with van der Waals surface area (Å²) in [5.41, 5.74) is -4.35. The molecular weight excluding hydrogens is 433 g/mol. The van der Waals surface area contributed by atoms with Crippen LogP contribution in [0.25, 0.3) is 11.0 Å². The summed E-state index contributed by atoms with van der Waals surface area (Å²) in [4.78, 5) is 38.2. The summed E-state index contributed by atoms with van der Waals surface area (Å²) >= 11 is 0. The van der Waals surface area contributed by atoms with Crippen molar-refractivity contribution in [2.75, 3.05) is 13.1 Å². The van der Waals surface area contributed by atoms with Gasteiger partial charge in [0.25, 0.3) is 18.2 Å². The number of halogens is 3. The van der Waals surface area contributed by atoms with E-state index >= 15 is 4.39 Å². The molecular formula is C20H20F3N4O5+. The number of quaternary nitrogens is 1. The fraction of sp³-hybridized carbons (Fsp3) is 0.500. The molecule has 2 saturated heterocycles. The summed E-state index contributed by atoms with van der Waals surface area (Å²) in [6.07, 6.45) is -4.15. The maximum Gasteiger partial charge on any atom is 0.328 e. The summed E-state index contributed by atoms with van der Waals surface area (Å²) in [7, 11) is 0. The van der Waals surface area contributed by atoms with Crippen molar-refractivity contribution in [2.45, 2.75) is 44.8 Å². The number of aromatic nitrogens is 1. The number of aliphatic hydroxyl groups is 1. The van der Waals surface area contributed by atoms with Crippen molar-refractivity contribution >= 4 is 34.5 Å². The maximum atomic E-state index is 15.8. The summed E-state index contributed by atoms with van der Waals surface area (Å²) in [6, 6.07) is 0.275. The lowest BCUT2D eigenvalue weighted by Gasteiger charge is -2.45. The minimum Gasteiger partial charge on any atom is -0.387 e. The first-order valence-electron chi connectivity index (χ1n) is 10.2. The molecule has 5 rings (SSSR count). The van der Waals surface area contributed by atoms with Crippen LogP contribution in [0.2, 0.25) is 0 Å². The number of aliphatic hydroxyl groups excluding tert-OH is 1. The molecule has 2 fully saturated rings. The molecule has 170 valence electrons. The standard InChI is InChI=1S/C20H19F3N4O5/c1-3-4-27-7-20(27,8(2)28)19(16(29)24-18(31)25-17(19)30)6-9-5-10-12(15(22)23)26-32-14(10)11(21)13(9)27/h5,8,15,28H,3-4,6-7H2,1-2H3,(H-,24,25,29,30,31)/p+1. The molecule has 0 saturated carbocycles. The number of benzene rings is 1. The van der Waals surface area contributed by atoms with Gasteiger partial charge in [-0.2, -0.15) is 4.39 Å². The van der Waals surface area contributed by atoms with E-state index in [2.05, 4.69) is 15.8 Å². The van der Waals surface area contributed by atoms with E-state index in [0.29, 0.717) is 6.42 Å². The Hall–Kier alpha value is -2.99. The van der Waals surface area contributed by atoms with Crippen molar-refractivity contribution in [1.29, 1.82) is 0 Å². The van der Waals surface area contributed by atoms with Gasteiger partial charge in [0.1, 0.15) is 12.6 Å². The highest BCUT2D eigenvalue weighted by Crippen LogP contribution is 2.66. The zero-order valence-corrected chi connectivity index (χ0v) is 17.2. The number of alkyl halides is 2. The van der Waals surface area contributed by atoms with Crippen molar-refractivity contribution in [3.05, 3.63) is 23.1 Å². The van der Waals surface area contributed by atoms with Crippen LogP contribution < -0.4 is 15.1 Å². The number of fused-ring (bicyclic) bond motifs is 5. The lowest BCUT2D eigenvalue weighted by atomic mass is 9.63. The Kier molecular flexibility index (Phi) is 4.10. The van der Waals surface area contributed by atoms with E-state index in [9.17, 15) is 28.3 Å². The van der Waals surface area contributed by atoms with Gasteiger partial charge in [-0.25, -0.2) is 13.6 Å². The van der Waals surface area contributed by atoms with Gasteiger partial charge in [-0.1, -0.05) is 12.1 Å². The Morgan fingerprint density at radius 2 is 1.94 bits per heavy atom. The molecule has 9 nitrogen and oxygen atoms in total. The topological polar surface area (TPSA) is 122 Å². The number of nitrogens with one attached hydrogen (secondary N) is 2. The van der Waals surface area contributed by atoms with Crippen molar-refractivity contribution in [2.24, 2.45) is 5.41 Å². The van der Waals surface area contributed by atoms with E-state index in [0.717, 1.165) is 0 Å². The summed E-state index contributed by atoms with van der Waals surface area (Å²) < 4.78 is 47.3. The first-order chi connectivity index (χ1) is 15.1. The largest absolute Gasteiger partial charge is 0.387 e. The Morgan fingerprint density at radius 3 is 2.50 bits per heavy atom. The highest BCUT2D eigenvalue weighted by Gasteiger charge is 2.89. The van der Waals surface area contributed by atoms with Gasteiger partial charge in [-0.05, 0) is 19.4 Å². The maximum absolute atomic E-state index is 15.8. The molecule has 0 radical (unpaired) electrons. The van der Waals surface area contributed by atoms with Crippen LogP contribution in [0, 0.1) is 11.2 Å². The molecule has 0 aliphatic carbocycles. The lowest BCUT2D eigenvalue weighted by molar-refractivity contribution is -0.152. The minimum absolute atomic E-state index is 0.0405. The van der Waals surface area contributed by atoms with E-state index in [1.165, 1.54) is 13.0 Å². The van der Waals surface area contributed by atoms with Crippen LogP contribution in [0.1, 0.15) is 38.0 Å². The van der Waals surface area contributed by atoms with Gasteiger partial charge >= 0.3 is 6.03 Å². The number of rotatable bonds is 4. The van der Waals surface area contributed by atoms with Gasteiger partial charge < -0.3 is 9.63 Å². The fourth-order valence-corrected chi connectivity index (χ4v) is 6.17. The van der Waals surface area contributed by atoms with Gasteiger partial charge in [-0.3, -0.25) is 24.7 Å². The number of carbonyl (C=O) groups excluding carboxylic acids is 3. The number of hydrogen-bond acceptors (Lipinski definition) is 6. The van der Waals surface area contributed by atoms with Crippen molar-refractivity contribution in [3.63, 3.8) is 0 Å². The second kappa shape index (κ2) is 6.29. The number of urea groups is 1. The van der Waals surface area contributed by atoms with Crippen molar-refractivity contribution in [1.82, 2.24) is 20.3 Å². The van der Waals surface area contributed by atoms with E-state index in [1.54, 1.807) is 0 Å². The van der Waals surface area contributed by atoms with E-state index in [-0.39, 0.29) is 40.6 Å². The van der Waals surface area contributed by atoms with Crippen LogP contribution in [0.3, 0.4) is 0 Å². The first-order valence-corrected chi connectivity index (χ1v) is 10.2. The monoisotopic (exact) mass is 453 g/mol. The molecule has 0 bridgehead atoms. The molecule has 1 spiro atoms. The van der Waals surface area contributed by atoms with Gasteiger partial charge in [-0.15, -0.1) is 0 Å². The highest BCUT2D eigenvalue weighted by atomic mass is 19.3. The number of carbonyl (C=O) groups is 3. The fourth-order valence-electron chi connectivity index (χ4n) is 6.17. The molecule has 3 aliphatic rings. The van der Waals surface area contributed by atoms with E-state index in [1.807, 2.05) is 6.92 Å². The molecule has 3 N–H and O–H groups in total. The van der Waals surface area contributed by atoms with Crippen LogP contribution in [0.4, 0.5) is 23.7 Å². The number of nitrogens with zero attached hydrogens (tertiary/aromatic N) is 2. The molecule has 3 atom stereocenters. The van der Waals surface area contributed by atoms with Gasteiger partial charge in [0, 0.05) is 12.0 Å². The van der Waals surface area contributed by atoms with Crippen molar-refractivity contribution in [3.8, 4) is 0 Å². The van der Waals surface area contributed by atoms with Gasteiger partial charge in [0.2, 0.25) is 16.9 Å². The molecule has 1 aromatic carbocycles. The minimum atomic E-state index is -3.03. The van der Waals surface area contributed by atoms with E-state index < -0.39 is 58.4 Å². The summed E-state index contributed by atoms with van der Waals surface area (Å²) in [5.74, 6) is -2.72. The SMILES string of the molecule is CCC[N+]12CC1(C(C)O)C1(Cc3cc4c(C(F)F)noc4c(F)c32)C(=O)NC(=O)NC1=O. The molecule has 3 unspecified atom stereocenters.